The van der Waals surface area contributed by atoms with Crippen molar-refractivity contribution in [1.82, 2.24) is 4.98 Å². The van der Waals surface area contributed by atoms with Crippen LogP contribution in [0.1, 0.15) is 12.1 Å². The van der Waals surface area contributed by atoms with Crippen molar-refractivity contribution in [2.75, 3.05) is 11.4 Å². The molecule has 1 aliphatic heterocycles. The first-order valence-corrected chi connectivity index (χ1v) is 5.14. The lowest BCUT2D eigenvalue weighted by molar-refractivity contribution is -0.117. The van der Waals surface area contributed by atoms with Gasteiger partial charge in [0.25, 0.3) is 0 Å². The minimum atomic E-state index is -0.0789. The lowest BCUT2D eigenvalue weighted by atomic mass is 10.3. The quantitative estimate of drug-likeness (QED) is 0.729. The van der Waals surface area contributed by atoms with Gasteiger partial charge in [-0.15, -0.1) is 0 Å². The van der Waals surface area contributed by atoms with Crippen LogP contribution in [0.2, 0.25) is 5.15 Å². The number of carbonyl (C=O) groups is 1. The van der Waals surface area contributed by atoms with Crippen LogP contribution in [-0.4, -0.2) is 23.5 Å². The molecule has 0 aromatic carbocycles. The van der Waals surface area contributed by atoms with Crippen molar-refractivity contribution >= 4 is 23.2 Å². The molecule has 5 heteroatoms. The second-order valence-electron chi connectivity index (χ2n) is 3.76. The monoisotopic (exact) mass is 225 g/mol. The van der Waals surface area contributed by atoms with Gasteiger partial charge in [0.15, 0.2) is 0 Å². The number of aromatic nitrogens is 1. The molecular weight excluding hydrogens is 214 g/mol. The summed E-state index contributed by atoms with van der Waals surface area (Å²) in [6, 6.07) is 3.44. The van der Waals surface area contributed by atoms with Crippen molar-refractivity contribution in [1.29, 1.82) is 0 Å². The molecule has 2 rings (SSSR count). The highest BCUT2D eigenvalue weighted by Crippen LogP contribution is 2.23. The predicted octanol–water partition coefficient (Wildman–Crippen LogP) is 1.11. The standard InChI is InChI=1S/C10H12ClN3O/c1-6-2-8(4-9(11)13-6)14-5-7(12)3-10(14)15/h2,4,7H,3,5,12H2,1H3. The zero-order valence-corrected chi connectivity index (χ0v) is 9.16. The molecule has 4 nitrogen and oxygen atoms in total. The summed E-state index contributed by atoms with van der Waals surface area (Å²) in [6.07, 6.45) is 0.402. The summed E-state index contributed by atoms with van der Waals surface area (Å²) in [4.78, 5) is 17.3. The van der Waals surface area contributed by atoms with Gasteiger partial charge in [0.2, 0.25) is 5.91 Å². The summed E-state index contributed by atoms with van der Waals surface area (Å²) in [6.45, 7) is 2.40. The lowest BCUT2D eigenvalue weighted by Gasteiger charge is -2.16. The number of nitrogens with zero attached hydrogens (tertiary/aromatic N) is 2. The van der Waals surface area contributed by atoms with E-state index in [0.717, 1.165) is 11.4 Å². The Morgan fingerprint density at radius 2 is 2.33 bits per heavy atom. The minimum absolute atomic E-state index is 0.0455. The van der Waals surface area contributed by atoms with E-state index < -0.39 is 0 Å². The molecule has 1 aliphatic rings. The number of amides is 1. The summed E-state index contributed by atoms with van der Waals surface area (Å²) in [7, 11) is 0. The average Bonchev–Trinajstić information content (AvgIpc) is 2.43. The third-order valence-corrected chi connectivity index (χ3v) is 2.57. The van der Waals surface area contributed by atoms with E-state index in [-0.39, 0.29) is 11.9 Å². The highest BCUT2D eigenvalue weighted by molar-refractivity contribution is 6.29. The van der Waals surface area contributed by atoms with Gasteiger partial charge < -0.3 is 10.6 Å². The molecule has 2 N–H and O–H groups in total. The fourth-order valence-corrected chi connectivity index (χ4v) is 2.00. The third kappa shape index (κ3) is 2.11. The lowest BCUT2D eigenvalue weighted by Crippen LogP contribution is -2.28. The van der Waals surface area contributed by atoms with Crippen molar-refractivity contribution in [2.24, 2.45) is 5.73 Å². The molecule has 1 fully saturated rings. The van der Waals surface area contributed by atoms with Gasteiger partial charge >= 0.3 is 0 Å². The van der Waals surface area contributed by atoms with E-state index in [0.29, 0.717) is 18.1 Å². The molecule has 1 atom stereocenters. The first kappa shape index (κ1) is 10.4. The topological polar surface area (TPSA) is 59.2 Å². The smallest absolute Gasteiger partial charge is 0.228 e. The molecule has 2 heterocycles. The van der Waals surface area contributed by atoms with E-state index in [1.807, 2.05) is 13.0 Å². The summed E-state index contributed by atoms with van der Waals surface area (Å²) in [5.74, 6) is 0.0455. The van der Waals surface area contributed by atoms with Crippen LogP contribution in [0.25, 0.3) is 0 Å². The Kier molecular flexibility index (Phi) is 2.63. The van der Waals surface area contributed by atoms with Crippen molar-refractivity contribution in [2.45, 2.75) is 19.4 Å². The maximum absolute atomic E-state index is 11.6. The van der Waals surface area contributed by atoms with Gasteiger partial charge in [-0.3, -0.25) is 4.79 Å². The van der Waals surface area contributed by atoms with Crippen molar-refractivity contribution in [3.05, 3.63) is 23.0 Å². The number of carbonyl (C=O) groups excluding carboxylic acids is 1. The van der Waals surface area contributed by atoms with Gasteiger partial charge in [0.05, 0.1) is 0 Å². The number of hydrogen-bond donors (Lipinski definition) is 1. The van der Waals surface area contributed by atoms with Gasteiger partial charge in [-0.25, -0.2) is 4.98 Å². The van der Waals surface area contributed by atoms with E-state index >= 15 is 0 Å². The van der Waals surface area contributed by atoms with Gasteiger partial charge in [0, 0.05) is 30.4 Å². The summed E-state index contributed by atoms with van der Waals surface area (Å²) in [5, 5.41) is 0.401. The molecule has 1 amide bonds. The molecule has 0 radical (unpaired) electrons. The number of anilines is 1. The summed E-state index contributed by atoms with van der Waals surface area (Å²) >= 11 is 5.83. The molecule has 0 spiro atoms. The Hall–Kier alpha value is -1.13. The van der Waals surface area contributed by atoms with Crippen LogP contribution in [0.3, 0.4) is 0 Å². The molecule has 1 aromatic rings. The molecule has 15 heavy (non-hydrogen) atoms. The van der Waals surface area contributed by atoms with Gasteiger partial charge in [-0.05, 0) is 19.1 Å². The molecular formula is C10H12ClN3O. The van der Waals surface area contributed by atoms with Crippen LogP contribution in [0.5, 0.6) is 0 Å². The second kappa shape index (κ2) is 3.79. The Morgan fingerprint density at radius 1 is 1.60 bits per heavy atom. The number of halogens is 1. The van der Waals surface area contributed by atoms with E-state index in [1.165, 1.54) is 0 Å². The SMILES string of the molecule is Cc1cc(N2CC(N)CC2=O)cc(Cl)n1. The molecule has 80 valence electrons. The van der Waals surface area contributed by atoms with Crippen LogP contribution < -0.4 is 10.6 Å². The highest BCUT2D eigenvalue weighted by Gasteiger charge is 2.28. The molecule has 0 aliphatic carbocycles. The van der Waals surface area contributed by atoms with Crippen LogP contribution in [0.15, 0.2) is 12.1 Å². The van der Waals surface area contributed by atoms with E-state index in [9.17, 15) is 4.79 Å². The maximum Gasteiger partial charge on any atom is 0.228 e. The van der Waals surface area contributed by atoms with Gasteiger partial charge in [0.1, 0.15) is 5.15 Å². The Labute approximate surface area is 93.0 Å². The van der Waals surface area contributed by atoms with E-state index in [1.54, 1.807) is 11.0 Å². The first-order valence-electron chi connectivity index (χ1n) is 4.76. The van der Waals surface area contributed by atoms with Crippen molar-refractivity contribution in [3.63, 3.8) is 0 Å². The van der Waals surface area contributed by atoms with Crippen LogP contribution in [-0.2, 0) is 4.79 Å². The maximum atomic E-state index is 11.6. The molecule has 0 bridgehead atoms. The highest BCUT2D eigenvalue weighted by atomic mass is 35.5. The molecule has 1 unspecified atom stereocenters. The number of rotatable bonds is 1. The van der Waals surface area contributed by atoms with Crippen LogP contribution in [0.4, 0.5) is 5.69 Å². The number of nitrogens with two attached hydrogens (primary N) is 1. The zero-order valence-electron chi connectivity index (χ0n) is 8.40. The van der Waals surface area contributed by atoms with Crippen LogP contribution in [0, 0.1) is 6.92 Å². The Bertz CT molecular complexity index is 387. The largest absolute Gasteiger partial charge is 0.326 e. The number of pyridine rings is 1. The minimum Gasteiger partial charge on any atom is -0.326 e. The first-order chi connectivity index (χ1) is 7.06. The molecule has 0 saturated carbocycles. The fourth-order valence-electron chi connectivity index (χ4n) is 1.75. The third-order valence-electron chi connectivity index (χ3n) is 2.37. The molecule has 1 saturated heterocycles. The number of aryl methyl sites for hydroxylation is 1. The second-order valence-corrected chi connectivity index (χ2v) is 4.15. The Balaban J connectivity index is 2.33. The zero-order chi connectivity index (χ0) is 11.0. The predicted molar refractivity (Wildman–Crippen MR) is 58.9 cm³/mol. The van der Waals surface area contributed by atoms with Gasteiger partial charge in [-0.2, -0.15) is 0 Å². The number of hydrogen-bond acceptors (Lipinski definition) is 3. The summed E-state index contributed by atoms with van der Waals surface area (Å²) in [5.41, 5.74) is 7.30. The average molecular weight is 226 g/mol. The van der Waals surface area contributed by atoms with E-state index in [4.69, 9.17) is 17.3 Å². The fraction of sp³-hybridized carbons (Fsp3) is 0.400. The van der Waals surface area contributed by atoms with Crippen LogP contribution >= 0.6 is 11.6 Å². The van der Waals surface area contributed by atoms with Gasteiger partial charge in [-0.1, -0.05) is 11.6 Å². The van der Waals surface area contributed by atoms with Crippen molar-refractivity contribution < 1.29 is 4.79 Å². The molecule has 1 aromatic heterocycles. The normalized spacial score (nSPS) is 21.1. The Morgan fingerprint density at radius 3 is 2.87 bits per heavy atom. The summed E-state index contributed by atoms with van der Waals surface area (Å²) < 4.78 is 0. The van der Waals surface area contributed by atoms with Crippen molar-refractivity contribution in [3.8, 4) is 0 Å². The van der Waals surface area contributed by atoms with E-state index in [2.05, 4.69) is 4.98 Å².